The van der Waals surface area contributed by atoms with E-state index in [1.54, 1.807) is 0 Å². The van der Waals surface area contributed by atoms with Gasteiger partial charge in [-0.05, 0) is 35.8 Å². The van der Waals surface area contributed by atoms with E-state index < -0.39 is 0 Å². The molecule has 0 spiro atoms. The molecule has 0 saturated heterocycles. The quantitative estimate of drug-likeness (QED) is 0.620. The lowest BCUT2D eigenvalue weighted by atomic mass is 9.93. The molecule has 0 aliphatic heterocycles. The maximum Gasteiger partial charge on any atom is 0.220 e. The normalized spacial score (nSPS) is 12.3. The molecule has 0 aromatic heterocycles. The third-order valence-corrected chi connectivity index (χ3v) is 4.40. The Bertz CT molecular complexity index is 535. The minimum Gasteiger partial charge on any atom is -0.356 e. The van der Waals surface area contributed by atoms with Gasteiger partial charge < -0.3 is 10.6 Å². The summed E-state index contributed by atoms with van der Waals surface area (Å²) >= 11 is 0. The fourth-order valence-corrected chi connectivity index (χ4v) is 2.82. The third kappa shape index (κ3) is 8.19. The van der Waals surface area contributed by atoms with Gasteiger partial charge in [0.1, 0.15) is 0 Å². The maximum atomic E-state index is 12.3. The molecule has 0 radical (unpaired) electrons. The largest absolute Gasteiger partial charge is 0.356 e. The van der Waals surface area contributed by atoms with Crippen molar-refractivity contribution >= 4 is 11.8 Å². The molecule has 25 heavy (non-hydrogen) atoms. The molecule has 1 aromatic rings. The standard InChI is InChI=1S/C21H34N2O2/c1-15(2)18-10-12-19(13-11-18)21(16(3)4)23-20(25)9-7-6-8-14-22-17(5)24/h10-13,15-16,21H,6-9,14H2,1-5H3,(H,22,24)(H,23,25). The maximum absolute atomic E-state index is 12.3. The highest BCUT2D eigenvalue weighted by molar-refractivity contribution is 5.76. The molecule has 0 bridgehead atoms. The summed E-state index contributed by atoms with van der Waals surface area (Å²) in [5.74, 6) is 0.958. The minimum absolute atomic E-state index is 0.000929. The van der Waals surface area contributed by atoms with Crippen LogP contribution in [-0.4, -0.2) is 18.4 Å². The fraction of sp³-hybridized carbons (Fsp3) is 0.619. The zero-order valence-electron chi connectivity index (χ0n) is 16.4. The van der Waals surface area contributed by atoms with E-state index in [4.69, 9.17) is 0 Å². The van der Waals surface area contributed by atoms with Crippen LogP contribution in [-0.2, 0) is 9.59 Å². The van der Waals surface area contributed by atoms with Crippen molar-refractivity contribution in [2.45, 2.75) is 72.3 Å². The Morgan fingerprint density at radius 1 is 0.920 bits per heavy atom. The smallest absolute Gasteiger partial charge is 0.220 e. The Hall–Kier alpha value is -1.84. The molecular formula is C21H34N2O2. The first kappa shape index (κ1) is 21.2. The lowest BCUT2D eigenvalue weighted by molar-refractivity contribution is -0.122. The van der Waals surface area contributed by atoms with Gasteiger partial charge in [0.15, 0.2) is 0 Å². The highest BCUT2D eigenvalue weighted by atomic mass is 16.2. The van der Waals surface area contributed by atoms with Gasteiger partial charge in [0.05, 0.1) is 6.04 Å². The van der Waals surface area contributed by atoms with Crippen LogP contribution in [0.5, 0.6) is 0 Å². The molecule has 1 unspecified atom stereocenters. The number of unbranched alkanes of at least 4 members (excludes halogenated alkanes) is 2. The summed E-state index contributed by atoms with van der Waals surface area (Å²) in [4.78, 5) is 23.1. The Kier molecular flexibility index (Phi) is 9.25. The fourth-order valence-electron chi connectivity index (χ4n) is 2.82. The summed E-state index contributed by atoms with van der Waals surface area (Å²) in [6.45, 7) is 10.8. The number of rotatable bonds is 10. The molecule has 0 fully saturated rings. The number of carbonyl (C=O) groups is 2. The first-order valence-electron chi connectivity index (χ1n) is 9.45. The average Bonchev–Trinajstić information content (AvgIpc) is 2.55. The van der Waals surface area contributed by atoms with E-state index in [1.165, 1.54) is 18.1 Å². The summed E-state index contributed by atoms with van der Waals surface area (Å²) in [6.07, 6.45) is 3.25. The molecule has 1 aromatic carbocycles. The van der Waals surface area contributed by atoms with Gasteiger partial charge in [0.25, 0.3) is 0 Å². The van der Waals surface area contributed by atoms with Crippen LogP contribution < -0.4 is 10.6 Å². The van der Waals surface area contributed by atoms with Crippen LogP contribution in [0.25, 0.3) is 0 Å². The van der Waals surface area contributed by atoms with Crippen LogP contribution in [0, 0.1) is 5.92 Å². The van der Waals surface area contributed by atoms with Crippen molar-refractivity contribution < 1.29 is 9.59 Å². The van der Waals surface area contributed by atoms with E-state index in [0.29, 0.717) is 24.8 Å². The Morgan fingerprint density at radius 2 is 1.52 bits per heavy atom. The second-order valence-electron chi connectivity index (χ2n) is 7.40. The third-order valence-electron chi connectivity index (χ3n) is 4.40. The van der Waals surface area contributed by atoms with E-state index in [0.717, 1.165) is 19.3 Å². The molecule has 1 rings (SSSR count). The van der Waals surface area contributed by atoms with Crippen molar-refractivity contribution in [3.05, 3.63) is 35.4 Å². The zero-order chi connectivity index (χ0) is 18.8. The molecule has 0 aliphatic carbocycles. The number of carbonyl (C=O) groups excluding carboxylic acids is 2. The molecule has 140 valence electrons. The molecule has 4 nitrogen and oxygen atoms in total. The summed E-state index contributed by atoms with van der Waals surface area (Å²) in [5.41, 5.74) is 2.48. The van der Waals surface area contributed by atoms with Gasteiger partial charge in [0, 0.05) is 19.9 Å². The van der Waals surface area contributed by atoms with Gasteiger partial charge in [0.2, 0.25) is 11.8 Å². The van der Waals surface area contributed by atoms with E-state index in [-0.39, 0.29) is 17.9 Å². The van der Waals surface area contributed by atoms with Crippen molar-refractivity contribution in [3.8, 4) is 0 Å². The van der Waals surface area contributed by atoms with E-state index >= 15 is 0 Å². The topological polar surface area (TPSA) is 58.2 Å². The molecule has 0 heterocycles. The number of nitrogens with one attached hydrogen (secondary N) is 2. The van der Waals surface area contributed by atoms with Crippen LogP contribution in [0.3, 0.4) is 0 Å². The Labute approximate surface area is 152 Å². The van der Waals surface area contributed by atoms with Crippen molar-refractivity contribution in [1.82, 2.24) is 10.6 Å². The molecule has 4 heteroatoms. The van der Waals surface area contributed by atoms with E-state index in [1.807, 2.05) is 0 Å². The number of hydrogen-bond acceptors (Lipinski definition) is 2. The predicted molar refractivity (Wildman–Crippen MR) is 103 cm³/mol. The summed E-state index contributed by atoms with van der Waals surface area (Å²) < 4.78 is 0. The van der Waals surface area contributed by atoms with Crippen molar-refractivity contribution in [2.24, 2.45) is 5.92 Å². The van der Waals surface area contributed by atoms with Crippen molar-refractivity contribution in [3.63, 3.8) is 0 Å². The van der Waals surface area contributed by atoms with Crippen molar-refractivity contribution in [2.75, 3.05) is 6.54 Å². The highest BCUT2D eigenvalue weighted by Crippen LogP contribution is 2.24. The zero-order valence-corrected chi connectivity index (χ0v) is 16.4. The Balaban J connectivity index is 2.46. The van der Waals surface area contributed by atoms with Crippen LogP contribution in [0.1, 0.15) is 83.4 Å². The van der Waals surface area contributed by atoms with Gasteiger partial charge in [-0.2, -0.15) is 0 Å². The lowest BCUT2D eigenvalue weighted by Crippen LogP contribution is -2.31. The van der Waals surface area contributed by atoms with Crippen LogP contribution in [0.2, 0.25) is 0 Å². The molecule has 1 atom stereocenters. The van der Waals surface area contributed by atoms with Crippen LogP contribution in [0.15, 0.2) is 24.3 Å². The van der Waals surface area contributed by atoms with Gasteiger partial charge in [-0.25, -0.2) is 0 Å². The first-order chi connectivity index (χ1) is 11.8. The predicted octanol–water partition coefficient (Wildman–Crippen LogP) is 4.32. The SMILES string of the molecule is CC(=O)NCCCCCC(=O)NC(c1ccc(C(C)C)cc1)C(C)C. The molecule has 0 saturated carbocycles. The van der Waals surface area contributed by atoms with E-state index in [9.17, 15) is 9.59 Å². The minimum atomic E-state index is 0.000929. The second kappa shape index (κ2) is 10.9. The monoisotopic (exact) mass is 346 g/mol. The van der Waals surface area contributed by atoms with Crippen LogP contribution >= 0.6 is 0 Å². The summed E-state index contributed by atoms with van der Waals surface area (Å²) in [7, 11) is 0. The highest BCUT2D eigenvalue weighted by Gasteiger charge is 2.18. The Morgan fingerprint density at radius 3 is 2.04 bits per heavy atom. The summed E-state index contributed by atoms with van der Waals surface area (Å²) in [6, 6.07) is 8.63. The molecular weight excluding hydrogens is 312 g/mol. The average molecular weight is 347 g/mol. The van der Waals surface area contributed by atoms with Crippen LogP contribution in [0.4, 0.5) is 0 Å². The lowest BCUT2D eigenvalue weighted by Gasteiger charge is -2.23. The number of benzene rings is 1. The second-order valence-corrected chi connectivity index (χ2v) is 7.40. The van der Waals surface area contributed by atoms with Gasteiger partial charge in [-0.3, -0.25) is 9.59 Å². The molecule has 2 amide bonds. The molecule has 2 N–H and O–H groups in total. The van der Waals surface area contributed by atoms with E-state index in [2.05, 4.69) is 62.6 Å². The molecule has 0 aliphatic rings. The summed E-state index contributed by atoms with van der Waals surface area (Å²) in [5, 5.41) is 5.96. The number of amides is 2. The van der Waals surface area contributed by atoms with Crippen molar-refractivity contribution in [1.29, 1.82) is 0 Å². The van der Waals surface area contributed by atoms with Gasteiger partial charge in [-0.1, -0.05) is 58.4 Å². The van der Waals surface area contributed by atoms with Gasteiger partial charge in [-0.15, -0.1) is 0 Å². The van der Waals surface area contributed by atoms with Gasteiger partial charge >= 0.3 is 0 Å². The first-order valence-corrected chi connectivity index (χ1v) is 9.45. The number of hydrogen-bond donors (Lipinski definition) is 2.